The minimum absolute atomic E-state index is 0.0355. The second-order valence-corrected chi connectivity index (χ2v) is 6.41. The third-order valence-electron chi connectivity index (χ3n) is 4.35. The topological polar surface area (TPSA) is 74.6 Å². The van der Waals surface area contributed by atoms with Crippen molar-refractivity contribution in [2.45, 2.75) is 6.04 Å². The standard InChI is InChI=1S/C22H25N3O3/c1-25(2)21(17-8-10-19(27-3)11-9-17)15-24-22(26)18(14-23)12-16-6-5-7-20(13-16)28-4/h5-13,21H,15H2,1-4H3,(H,24,26)/b18-12-/t21-/m0/s1. The maximum Gasteiger partial charge on any atom is 0.262 e. The molecule has 0 unspecified atom stereocenters. The molecule has 1 atom stereocenters. The zero-order valence-corrected chi connectivity index (χ0v) is 16.6. The van der Waals surface area contributed by atoms with Gasteiger partial charge in [0, 0.05) is 6.54 Å². The summed E-state index contributed by atoms with van der Waals surface area (Å²) in [7, 11) is 7.08. The lowest BCUT2D eigenvalue weighted by molar-refractivity contribution is -0.117. The number of ether oxygens (including phenoxy) is 2. The first kappa shape index (κ1) is 21.0. The van der Waals surface area contributed by atoms with E-state index in [-0.39, 0.29) is 11.6 Å². The van der Waals surface area contributed by atoms with E-state index in [9.17, 15) is 10.1 Å². The number of rotatable bonds is 8. The van der Waals surface area contributed by atoms with Crippen LogP contribution in [-0.2, 0) is 4.79 Å². The molecule has 146 valence electrons. The zero-order chi connectivity index (χ0) is 20.5. The molecule has 0 fully saturated rings. The summed E-state index contributed by atoms with van der Waals surface area (Å²) in [5.41, 5.74) is 1.81. The van der Waals surface area contributed by atoms with Crippen molar-refractivity contribution in [2.75, 3.05) is 34.9 Å². The van der Waals surface area contributed by atoms with Crippen LogP contribution in [0.15, 0.2) is 54.1 Å². The molecule has 6 nitrogen and oxygen atoms in total. The minimum Gasteiger partial charge on any atom is -0.497 e. The van der Waals surface area contributed by atoms with E-state index in [1.807, 2.05) is 61.5 Å². The van der Waals surface area contributed by atoms with Crippen molar-refractivity contribution in [1.82, 2.24) is 10.2 Å². The van der Waals surface area contributed by atoms with Gasteiger partial charge in [-0.2, -0.15) is 5.26 Å². The molecule has 0 radical (unpaired) electrons. The quantitative estimate of drug-likeness (QED) is 0.564. The van der Waals surface area contributed by atoms with E-state index >= 15 is 0 Å². The van der Waals surface area contributed by atoms with Crippen LogP contribution in [0.4, 0.5) is 0 Å². The molecule has 0 spiro atoms. The van der Waals surface area contributed by atoms with Crippen LogP contribution in [0, 0.1) is 11.3 Å². The van der Waals surface area contributed by atoms with E-state index in [0.717, 1.165) is 16.9 Å². The molecule has 0 saturated heterocycles. The molecule has 6 heteroatoms. The molecule has 2 rings (SSSR count). The highest BCUT2D eigenvalue weighted by Crippen LogP contribution is 2.21. The van der Waals surface area contributed by atoms with Gasteiger partial charge in [0.1, 0.15) is 23.1 Å². The highest BCUT2D eigenvalue weighted by molar-refractivity contribution is 6.01. The molecule has 0 aliphatic rings. The number of hydrogen-bond donors (Lipinski definition) is 1. The van der Waals surface area contributed by atoms with Crippen molar-refractivity contribution in [2.24, 2.45) is 0 Å². The number of hydrogen-bond acceptors (Lipinski definition) is 5. The largest absolute Gasteiger partial charge is 0.497 e. The average Bonchev–Trinajstić information content (AvgIpc) is 2.72. The number of nitriles is 1. The van der Waals surface area contributed by atoms with Gasteiger partial charge in [0.25, 0.3) is 5.91 Å². The number of carbonyl (C=O) groups excluding carboxylic acids is 1. The van der Waals surface area contributed by atoms with Crippen LogP contribution in [0.25, 0.3) is 6.08 Å². The van der Waals surface area contributed by atoms with Crippen molar-refractivity contribution in [3.63, 3.8) is 0 Å². The number of likely N-dealkylation sites (N-methyl/N-ethyl adjacent to an activating group) is 1. The summed E-state index contributed by atoms with van der Waals surface area (Å²) in [6.07, 6.45) is 1.55. The van der Waals surface area contributed by atoms with E-state index < -0.39 is 5.91 Å². The molecule has 28 heavy (non-hydrogen) atoms. The summed E-state index contributed by atoms with van der Waals surface area (Å²) in [4.78, 5) is 14.5. The summed E-state index contributed by atoms with van der Waals surface area (Å²) in [6.45, 7) is 0.370. The van der Waals surface area contributed by atoms with Gasteiger partial charge in [-0.3, -0.25) is 4.79 Å². The van der Waals surface area contributed by atoms with E-state index in [1.165, 1.54) is 0 Å². The number of carbonyl (C=O) groups is 1. The highest BCUT2D eigenvalue weighted by Gasteiger charge is 2.17. The van der Waals surface area contributed by atoms with Gasteiger partial charge in [-0.1, -0.05) is 24.3 Å². The van der Waals surface area contributed by atoms with Crippen molar-refractivity contribution in [1.29, 1.82) is 5.26 Å². The molecule has 1 N–H and O–H groups in total. The Kier molecular flexibility index (Phi) is 7.61. The SMILES string of the molecule is COc1ccc([C@H](CNC(=O)/C(C#N)=C\c2cccc(OC)c2)N(C)C)cc1. The van der Waals surface area contributed by atoms with Gasteiger partial charge in [0.05, 0.1) is 20.3 Å². The smallest absolute Gasteiger partial charge is 0.262 e. The Labute approximate surface area is 166 Å². The summed E-state index contributed by atoms with van der Waals surface area (Å²) < 4.78 is 10.4. The lowest BCUT2D eigenvalue weighted by Crippen LogP contribution is -2.35. The Hall–Kier alpha value is -3.30. The van der Waals surface area contributed by atoms with Crippen molar-refractivity contribution in [3.05, 3.63) is 65.2 Å². The molecular weight excluding hydrogens is 354 g/mol. The first-order valence-electron chi connectivity index (χ1n) is 8.83. The van der Waals surface area contributed by atoms with Gasteiger partial charge in [0.15, 0.2) is 0 Å². The van der Waals surface area contributed by atoms with Gasteiger partial charge in [-0.05, 0) is 55.6 Å². The van der Waals surface area contributed by atoms with Crippen molar-refractivity contribution < 1.29 is 14.3 Å². The van der Waals surface area contributed by atoms with E-state index in [2.05, 4.69) is 5.32 Å². The van der Waals surface area contributed by atoms with Gasteiger partial charge in [-0.15, -0.1) is 0 Å². The molecule has 1 amide bonds. The molecule has 2 aromatic rings. The lowest BCUT2D eigenvalue weighted by atomic mass is 10.1. The van der Waals surface area contributed by atoms with Gasteiger partial charge in [0.2, 0.25) is 0 Å². The van der Waals surface area contributed by atoms with Crippen LogP contribution < -0.4 is 14.8 Å². The maximum atomic E-state index is 12.5. The van der Waals surface area contributed by atoms with E-state index in [0.29, 0.717) is 12.3 Å². The Morgan fingerprint density at radius 1 is 1.14 bits per heavy atom. The molecular formula is C22H25N3O3. The first-order valence-corrected chi connectivity index (χ1v) is 8.83. The third-order valence-corrected chi connectivity index (χ3v) is 4.35. The Morgan fingerprint density at radius 2 is 1.82 bits per heavy atom. The average molecular weight is 379 g/mol. The Bertz CT molecular complexity index is 867. The fourth-order valence-electron chi connectivity index (χ4n) is 2.76. The molecule has 0 heterocycles. The maximum absolute atomic E-state index is 12.5. The zero-order valence-electron chi connectivity index (χ0n) is 16.6. The van der Waals surface area contributed by atoms with Crippen LogP contribution >= 0.6 is 0 Å². The molecule has 0 aliphatic carbocycles. The van der Waals surface area contributed by atoms with Gasteiger partial charge in [-0.25, -0.2) is 0 Å². The molecule has 2 aromatic carbocycles. The Morgan fingerprint density at radius 3 is 2.39 bits per heavy atom. The van der Waals surface area contributed by atoms with Crippen LogP contribution in [-0.4, -0.2) is 45.7 Å². The van der Waals surface area contributed by atoms with Crippen LogP contribution in [0.1, 0.15) is 17.2 Å². The molecule has 0 aliphatic heterocycles. The summed E-state index contributed by atoms with van der Waals surface area (Å²) in [5.74, 6) is 1.03. The van der Waals surface area contributed by atoms with Crippen LogP contribution in [0.5, 0.6) is 11.5 Å². The summed E-state index contributed by atoms with van der Waals surface area (Å²) >= 11 is 0. The second-order valence-electron chi connectivity index (χ2n) is 6.41. The summed E-state index contributed by atoms with van der Waals surface area (Å²) in [5, 5.41) is 12.3. The number of amides is 1. The monoisotopic (exact) mass is 379 g/mol. The molecule has 0 aromatic heterocycles. The Balaban J connectivity index is 2.11. The lowest BCUT2D eigenvalue weighted by Gasteiger charge is -2.25. The summed E-state index contributed by atoms with van der Waals surface area (Å²) in [6, 6.07) is 16.8. The van der Waals surface area contributed by atoms with Crippen molar-refractivity contribution in [3.8, 4) is 17.6 Å². The number of methoxy groups -OCH3 is 2. The normalized spacial score (nSPS) is 12.2. The fraction of sp³-hybridized carbons (Fsp3) is 0.273. The van der Waals surface area contributed by atoms with Crippen LogP contribution in [0.3, 0.4) is 0 Å². The fourth-order valence-corrected chi connectivity index (χ4v) is 2.76. The van der Waals surface area contributed by atoms with Crippen LogP contribution in [0.2, 0.25) is 0 Å². The first-order chi connectivity index (χ1) is 13.5. The van der Waals surface area contributed by atoms with E-state index in [4.69, 9.17) is 9.47 Å². The number of benzene rings is 2. The van der Waals surface area contributed by atoms with Gasteiger partial charge < -0.3 is 19.7 Å². The third kappa shape index (κ3) is 5.60. The second kappa shape index (κ2) is 10.1. The predicted octanol–water partition coefficient (Wildman–Crippen LogP) is 3.03. The van der Waals surface area contributed by atoms with Gasteiger partial charge >= 0.3 is 0 Å². The van der Waals surface area contributed by atoms with Crippen molar-refractivity contribution >= 4 is 12.0 Å². The molecule has 0 bridgehead atoms. The predicted molar refractivity (Wildman–Crippen MR) is 109 cm³/mol. The minimum atomic E-state index is -0.411. The molecule has 0 saturated carbocycles. The number of nitrogens with zero attached hydrogens (tertiary/aromatic N) is 2. The number of nitrogens with one attached hydrogen (secondary N) is 1. The highest BCUT2D eigenvalue weighted by atomic mass is 16.5. The van der Waals surface area contributed by atoms with E-state index in [1.54, 1.807) is 32.4 Å².